The van der Waals surface area contributed by atoms with Gasteiger partial charge in [0, 0.05) is 11.3 Å². The Morgan fingerprint density at radius 2 is 1.95 bits per heavy atom. The molecule has 0 atom stereocenters. The Hall–Kier alpha value is -1.48. The van der Waals surface area contributed by atoms with E-state index in [1.54, 1.807) is 29.5 Å². The molecule has 0 amide bonds. The lowest BCUT2D eigenvalue weighted by atomic mass is 10.1. The summed E-state index contributed by atoms with van der Waals surface area (Å²) in [6.45, 7) is 0. The standard InChI is InChI=1S/C17H17FOS/c18-14-8-5-4-6-12(14)10-15(19)17-11-13-7-2-1-3-9-16(13)20-17/h4-6,8,11H,1-3,7,9-10H2. The van der Waals surface area contributed by atoms with Crippen LogP contribution in [-0.2, 0) is 19.3 Å². The average molecular weight is 288 g/mol. The third kappa shape index (κ3) is 2.83. The minimum absolute atomic E-state index is 0.0353. The van der Waals surface area contributed by atoms with Crippen molar-refractivity contribution >= 4 is 17.1 Å². The largest absolute Gasteiger partial charge is 0.293 e. The van der Waals surface area contributed by atoms with E-state index in [9.17, 15) is 9.18 Å². The molecule has 1 aromatic carbocycles. The molecule has 2 aromatic rings. The van der Waals surface area contributed by atoms with Crippen molar-refractivity contribution in [2.24, 2.45) is 0 Å². The van der Waals surface area contributed by atoms with Crippen LogP contribution in [0.15, 0.2) is 30.3 Å². The van der Waals surface area contributed by atoms with Gasteiger partial charge in [0.05, 0.1) is 4.88 Å². The highest BCUT2D eigenvalue weighted by molar-refractivity contribution is 7.14. The molecule has 0 saturated carbocycles. The van der Waals surface area contributed by atoms with Gasteiger partial charge in [-0.1, -0.05) is 24.6 Å². The lowest BCUT2D eigenvalue weighted by molar-refractivity contribution is 0.0995. The lowest BCUT2D eigenvalue weighted by Crippen LogP contribution is -2.03. The maximum Gasteiger partial charge on any atom is 0.177 e. The molecule has 104 valence electrons. The van der Waals surface area contributed by atoms with E-state index in [-0.39, 0.29) is 18.0 Å². The Bertz CT molecular complexity index is 606. The maximum absolute atomic E-state index is 13.6. The van der Waals surface area contributed by atoms with Gasteiger partial charge < -0.3 is 0 Å². The van der Waals surface area contributed by atoms with E-state index in [2.05, 4.69) is 0 Å². The van der Waals surface area contributed by atoms with Gasteiger partial charge >= 0.3 is 0 Å². The van der Waals surface area contributed by atoms with E-state index in [4.69, 9.17) is 0 Å². The summed E-state index contributed by atoms with van der Waals surface area (Å²) in [5.41, 5.74) is 1.82. The van der Waals surface area contributed by atoms with Crippen LogP contribution in [0.2, 0.25) is 0 Å². The summed E-state index contributed by atoms with van der Waals surface area (Å²) in [6, 6.07) is 8.55. The molecule has 0 N–H and O–H groups in total. The lowest BCUT2D eigenvalue weighted by Gasteiger charge is -2.00. The van der Waals surface area contributed by atoms with Crippen LogP contribution in [0.3, 0.4) is 0 Å². The number of aryl methyl sites for hydroxylation is 2. The first-order valence-corrected chi connectivity index (χ1v) is 7.94. The van der Waals surface area contributed by atoms with Crippen molar-refractivity contribution in [1.82, 2.24) is 0 Å². The van der Waals surface area contributed by atoms with Crippen LogP contribution in [0.25, 0.3) is 0 Å². The van der Waals surface area contributed by atoms with Crippen LogP contribution in [0.4, 0.5) is 4.39 Å². The molecular weight excluding hydrogens is 271 g/mol. The SMILES string of the molecule is O=C(Cc1ccccc1F)c1cc2c(s1)CCCCC2. The van der Waals surface area contributed by atoms with Gasteiger partial charge in [-0.2, -0.15) is 0 Å². The second-order valence-electron chi connectivity index (χ2n) is 5.31. The zero-order chi connectivity index (χ0) is 13.9. The van der Waals surface area contributed by atoms with E-state index in [1.807, 2.05) is 6.07 Å². The van der Waals surface area contributed by atoms with E-state index in [0.717, 1.165) is 17.7 Å². The minimum atomic E-state index is -0.293. The number of hydrogen-bond donors (Lipinski definition) is 0. The molecule has 0 radical (unpaired) electrons. The fourth-order valence-corrected chi connectivity index (χ4v) is 3.90. The quantitative estimate of drug-likeness (QED) is 0.597. The molecule has 3 heteroatoms. The van der Waals surface area contributed by atoms with Crippen LogP contribution in [0.1, 0.15) is 44.9 Å². The Labute approximate surface area is 122 Å². The summed E-state index contributed by atoms with van der Waals surface area (Å²) in [4.78, 5) is 14.5. The van der Waals surface area contributed by atoms with Gasteiger partial charge in [0.2, 0.25) is 0 Å². The summed E-state index contributed by atoms with van der Waals surface area (Å²) in [7, 11) is 0. The second-order valence-corrected chi connectivity index (χ2v) is 6.45. The topological polar surface area (TPSA) is 17.1 Å². The Kier molecular flexibility index (Phi) is 3.97. The number of rotatable bonds is 3. The number of carbonyl (C=O) groups is 1. The van der Waals surface area contributed by atoms with E-state index < -0.39 is 0 Å². The van der Waals surface area contributed by atoms with Gasteiger partial charge in [0.25, 0.3) is 0 Å². The van der Waals surface area contributed by atoms with Crippen molar-refractivity contribution in [3.05, 3.63) is 57.0 Å². The van der Waals surface area contributed by atoms with Gasteiger partial charge in [0.15, 0.2) is 5.78 Å². The van der Waals surface area contributed by atoms with Crippen molar-refractivity contribution in [3.8, 4) is 0 Å². The third-order valence-corrected chi connectivity index (χ3v) is 5.11. The fourth-order valence-electron chi connectivity index (χ4n) is 2.71. The van der Waals surface area contributed by atoms with Crippen LogP contribution in [0.5, 0.6) is 0 Å². The van der Waals surface area contributed by atoms with Crippen LogP contribution < -0.4 is 0 Å². The first-order chi connectivity index (χ1) is 9.74. The molecule has 0 unspecified atom stereocenters. The molecule has 0 aliphatic heterocycles. The van der Waals surface area contributed by atoms with Gasteiger partial charge in [0.1, 0.15) is 5.82 Å². The molecule has 1 nitrogen and oxygen atoms in total. The monoisotopic (exact) mass is 288 g/mol. The fraction of sp³-hybridized carbons (Fsp3) is 0.353. The van der Waals surface area contributed by atoms with Crippen molar-refractivity contribution in [2.45, 2.75) is 38.5 Å². The van der Waals surface area contributed by atoms with Gasteiger partial charge in [-0.25, -0.2) is 4.39 Å². The molecule has 20 heavy (non-hydrogen) atoms. The van der Waals surface area contributed by atoms with Gasteiger partial charge in [-0.15, -0.1) is 11.3 Å². The van der Waals surface area contributed by atoms with Crippen LogP contribution in [-0.4, -0.2) is 5.78 Å². The zero-order valence-electron chi connectivity index (χ0n) is 11.3. The zero-order valence-corrected chi connectivity index (χ0v) is 12.1. The predicted molar refractivity (Wildman–Crippen MR) is 80.0 cm³/mol. The molecule has 0 bridgehead atoms. The number of halogens is 1. The van der Waals surface area contributed by atoms with E-state index in [1.165, 1.54) is 35.8 Å². The highest BCUT2D eigenvalue weighted by atomic mass is 32.1. The van der Waals surface area contributed by atoms with Gasteiger partial charge in [-0.05, 0) is 48.9 Å². The summed E-state index contributed by atoms with van der Waals surface area (Å²) in [5, 5.41) is 0. The van der Waals surface area contributed by atoms with E-state index in [0.29, 0.717) is 5.56 Å². The molecule has 1 heterocycles. The van der Waals surface area contributed by atoms with Crippen molar-refractivity contribution < 1.29 is 9.18 Å². The number of benzene rings is 1. The average Bonchev–Trinajstić information content (AvgIpc) is 2.73. The minimum Gasteiger partial charge on any atom is -0.293 e. The smallest absolute Gasteiger partial charge is 0.177 e. The van der Waals surface area contributed by atoms with Crippen LogP contribution in [0, 0.1) is 5.82 Å². The Balaban J connectivity index is 1.79. The first-order valence-electron chi connectivity index (χ1n) is 7.12. The maximum atomic E-state index is 13.6. The second kappa shape index (κ2) is 5.88. The molecule has 3 rings (SSSR count). The predicted octanol–water partition coefficient (Wildman–Crippen LogP) is 4.58. The molecular formula is C17H17FOS. The highest BCUT2D eigenvalue weighted by Gasteiger charge is 2.17. The normalized spacial score (nSPS) is 14.7. The van der Waals surface area contributed by atoms with Crippen LogP contribution >= 0.6 is 11.3 Å². The summed E-state index contributed by atoms with van der Waals surface area (Å²) in [6.07, 6.45) is 6.04. The summed E-state index contributed by atoms with van der Waals surface area (Å²) >= 11 is 1.61. The molecule has 0 saturated heterocycles. The van der Waals surface area contributed by atoms with Gasteiger partial charge in [-0.3, -0.25) is 4.79 Å². The molecule has 1 aromatic heterocycles. The number of thiophene rings is 1. The van der Waals surface area contributed by atoms with E-state index >= 15 is 0 Å². The number of fused-ring (bicyclic) bond motifs is 1. The summed E-state index contributed by atoms with van der Waals surface area (Å²) < 4.78 is 13.6. The number of carbonyl (C=O) groups excluding carboxylic acids is 1. The molecule has 0 spiro atoms. The highest BCUT2D eigenvalue weighted by Crippen LogP contribution is 2.29. The number of hydrogen-bond acceptors (Lipinski definition) is 2. The molecule has 0 fully saturated rings. The molecule has 1 aliphatic rings. The molecule has 1 aliphatic carbocycles. The first kappa shape index (κ1) is 13.5. The third-order valence-electron chi connectivity index (χ3n) is 3.83. The summed E-state index contributed by atoms with van der Waals surface area (Å²) in [5.74, 6) is -0.257. The Morgan fingerprint density at radius 3 is 2.80 bits per heavy atom. The van der Waals surface area contributed by atoms with Crippen molar-refractivity contribution in [2.75, 3.05) is 0 Å². The van der Waals surface area contributed by atoms with Crippen molar-refractivity contribution in [3.63, 3.8) is 0 Å². The van der Waals surface area contributed by atoms with Crippen molar-refractivity contribution in [1.29, 1.82) is 0 Å². The Morgan fingerprint density at radius 1 is 1.15 bits per heavy atom. The number of Topliss-reactive ketones (excluding diaryl/α,β-unsaturated/α-hetero) is 1. The number of ketones is 1.